The maximum atomic E-state index is 12.5. The molecule has 2 aromatic heterocycles. The van der Waals surface area contributed by atoms with Gasteiger partial charge in [-0.2, -0.15) is 5.10 Å². The van der Waals surface area contributed by atoms with Crippen LogP contribution in [0.3, 0.4) is 0 Å². The molecular weight excluding hydrogens is 362 g/mol. The zero-order valence-electron chi connectivity index (χ0n) is 15.0. The third-order valence-electron chi connectivity index (χ3n) is 4.86. The predicted molar refractivity (Wildman–Crippen MR) is 103 cm³/mol. The van der Waals surface area contributed by atoms with E-state index in [0.29, 0.717) is 12.2 Å². The van der Waals surface area contributed by atoms with Crippen molar-refractivity contribution in [2.45, 2.75) is 38.8 Å². The maximum Gasteiger partial charge on any atom is 0.271 e. The van der Waals surface area contributed by atoms with E-state index in [1.165, 1.54) is 6.20 Å². The summed E-state index contributed by atoms with van der Waals surface area (Å²) in [5.74, 6) is -0.209. The molecule has 1 atom stereocenters. The first-order chi connectivity index (χ1) is 13.1. The standard InChI is InChI=1S/C20H20ClN5O/c1-13-9-23-18(11-22-13)20(27)25-17-7-4-8-19-15(17)10-24-26(19)12-14-5-2-3-6-16(14)21/h2-3,5-6,9-11,17H,4,7-8,12H2,1H3,(H,25,27)/t17-/m0/s1. The van der Waals surface area contributed by atoms with E-state index in [2.05, 4.69) is 20.4 Å². The van der Waals surface area contributed by atoms with Crippen LogP contribution in [0.1, 0.15) is 51.9 Å². The average molecular weight is 382 g/mol. The molecule has 0 saturated heterocycles. The lowest BCUT2D eigenvalue weighted by Gasteiger charge is -2.24. The molecule has 2 heterocycles. The molecule has 1 aliphatic carbocycles. The maximum absolute atomic E-state index is 12.5. The number of rotatable bonds is 4. The van der Waals surface area contributed by atoms with Gasteiger partial charge in [-0.3, -0.25) is 14.5 Å². The molecule has 0 saturated carbocycles. The van der Waals surface area contributed by atoms with Gasteiger partial charge in [0.25, 0.3) is 5.91 Å². The van der Waals surface area contributed by atoms with Gasteiger partial charge in [-0.15, -0.1) is 0 Å². The van der Waals surface area contributed by atoms with Crippen LogP contribution in [0.2, 0.25) is 5.02 Å². The fourth-order valence-electron chi connectivity index (χ4n) is 3.43. The van der Waals surface area contributed by atoms with Crippen molar-refractivity contribution in [3.05, 3.63) is 76.1 Å². The first kappa shape index (κ1) is 17.7. The Kier molecular flexibility index (Phi) is 4.90. The minimum atomic E-state index is -0.209. The van der Waals surface area contributed by atoms with Crippen LogP contribution in [0.25, 0.3) is 0 Å². The molecule has 1 aromatic carbocycles. The minimum Gasteiger partial charge on any atom is -0.344 e. The molecule has 1 aliphatic rings. The van der Waals surface area contributed by atoms with Gasteiger partial charge in [0.1, 0.15) is 5.69 Å². The number of halogens is 1. The number of fused-ring (bicyclic) bond motifs is 1. The van der Waals surface area contributed by atoms with Crippen molar-refractivity contribution in [2.24, 2.45) is 0 Å². The molecule has 0 unspecified atom stereocenters. The van der Waals surface area contributed by atoms with Crippen molar-refractivity contribution >= 4 is 17.5 Å². The van der Waals surface area contributed by atoms with Crippen LogP contribution in [-0.4, -0.2) is 25.7 Å². The highest BCUT2D eigenvalue weighted by Crippen LogP contribution is 2.30. The third-order valence-corrected chi connectivity index (χ3v) is 5.23. The first-order valence-corrected chi connectivity index (χ1v) is 9.37. The number of carbonyl (C=O) groups excluding carboxylic acids is 1. The lowest BCUT2D eigenvalue weighted by molar-refractivity contribution is 0.0927. The molecule has 138 valence electrons. The van der Waals surface area contributed by atoms with E-state index in [4.69, 9.17) is 11.6 Å². The summed E-state index contributed by atoms with van der Waals surface area (Å²) in [7, 11) is 0. The molecule has 7 heteroatoms. The normalized spacial score (nSPS) is 16.0. The fraction of sp³-hybridized carbons (Fsp3) is 0.300. The quantitative estimate of drug-likeness (QED) is 0.750. The molecule has 0 bridgehead atoms. The van der Waals surface area contributed by atoms with Crippen molar-refractivity contribution < 1.29 is 4.79 Å². The smallest absolute Gasteiger partial charge is 0.271 e. The zero-order chi connectivity index (χ0) is 18.8. The second kappa shape index (κ2) is 7.48. The largest absolute Gasteiger partial charge is 0.344 e. The SMILES string of the molecule is Cc1cnc(C(=O)N[C@H]2CCCc3c2cnn3Cc2ccccc2Cl)cn1. The number of nitrogens with one attached hydrogen (secondary N) is 1. The van der Waals surface area contributed by atoms with Crippen LogP contribution in [0.5, 0.6) is 0 Å². The number of nitrogens with zero attached hydrogens (tertiary/aromatic N) is 4. The summed E-state index contributed by atoms with van der Waals surface area (Å²) in [6, 6.07) is 7.73. The molecule has 1 N–H and O–H groups in total. The molecule has 0 radical (unpaired) electrons. The number of amides is 1. The molecular formula is C20H20ClN5O. The van der Waals surface area contributed by atoms with E-state index in [0.717, 1.165) is 46.8 Å². The molecule has 0 spiro atoms. The van der Waals surface area contributed by atoms with Gasteiger partial charge in [-0.1, -0.05) is 29.8 Å². The van der Waals surface area contributed by atoms with Crippen LogP contribution in [0.15, 0.2) is 42.9 Å². The van der Waals surface area contributed by atoms with Gasteiger partial charge in [-0.05, 0) is 37.8 Å². The Balaban J connectivity index is 1.54. The molecule has 27 heavy (non-hydrogen) atoms. The summed E-state index contributed by atoms with van der Waals surface area (Å²) in [6.45, 7) is 2.47. The molecule has 6 nitrogen and oxygen atoms in total. The molecule has 4 rings (SSSR count). The van der Waals surface area contributed by atoms with Crippen molar-refractivity contribution in [1.29, 1.82) is 0 Å². The fourth-order valence-corrected chi connectivity index (χ4v) is 3.63. The number of carbonyl (C=O) groups is 1. The van der Waals surface area contributed by atoms with Crippen LogP contribution in [-0.2, 0) is 13.0 Å². The molecule has 0 fully saturated rings. The van der Waals surface area contributed by atoms with E-state index in [-0.39, 0.29) is 11.9 Å². The Morgan fingerprint density at radius 2 is 2.11 bits per heavy atom. The Bertz CT molecular complexity index is 967. The summed E-state index contributed by atoms with van der Waals surface area (Å²) in [5.41, 5.74) is 4.37. The van der Waals surface area contributed by atoms with Crippen LogP contribution >= 0.6 is 11.6 Å². The summed E-state index contributed by atoms with van der Waals surface area (Å²) in [4.78, 5) is 20.8. The third kappa shape index (κ3) is 3.71. The first-order valence-electron chi connectivity index (χ1n) is 8.99. The highest BCUT2D eigenvalue weighted by Gasteiger charge is 2.26. The minimum absolute atomic E-state index is 0.0654. The van der Waals surface area contributed by atoms with Crippen LogP contribution in [0.4, 0.5) is 0 Å². The lowest BCUT2D eigenvalue weighted by Crippen LogP contribution is -2.31. The van der Waals surface area contributed by atoms with Gasteiger partial charge < -0.3 is 5.32 Å². The Hall–Kier alpha value is -2.73. The molecule has 1 amide bonds. The topological polar surface area (TPSA) is 72.7 Å². The van der Waals surface area contributed by atoms with Gasteiger partial charge in [-0.25, -0.2) is 4.98 Å². The van der Waals surface area contributed by atoms with E-state index < -0.39 is 0 Å². The van der Waals surface area contributed by atoms with Crippen LogP contribution < -0.4 is 5.32 Å². The van der Waals surface area contributed by atoms with E-state index in [9.17, 15) is 4.79 Å². The van der Waals surface area contributed by atoms with E-state index >= 15 is 0 Å². The van der Waals surface area contributed by atoms with Crippen molar-refractivity contribution in [3.8, 4) is 0 Å². The lowest BCUT2D eigenvalue weighted by atomic mass is 9.92. The highest BCUT2D eigenvalue weighted by atomic mass is 35.5. The second-order valence-corrected chi connectivity index (χ2v) is 7.16. The van der Waals surface area contributed by atoms with E-state index in [1.807, 2.05) is 42.1 Å². The summed E-state index contributed by atoms with van der Waals surface area (Å²) in [6.07, 6.45) is 7.78. The van der Waals surface area contributed by atoms with Crippen molar-refractivity contribution in [3.63, 3.8) is 0 Å². The Labute approximate surface area is 162 Å². The summed E-state index contributed by atoms with van der Waals surface area (Å²) >= 11 is 6.29. The van der Waals surface area contributed by atoms with Gasteiger partial charge >= 0.3 is 0 Å². The zero-order valence-corrected chi connectivity index (χ0v) is 15.8. The predicted octanol–water partition coefficient (Wildman–Crippen LogP) is 3.49. The number of hydrogen-bond acceptors (Lipinski definition) is 4. The Morgan fingerprint density at radius 3 is 2.89 bits per heavy atom. The van der Waals surface area contributed by atoms with Gasteiger partial charge in [0.05, 0.1) is 30.7 Å². The average Bonchev–Trinajstić information content (AvgIpc) is 3.08. The number of benzene rings is 1. The van der Waals surface area contributed by atoms with Crippen molar-refractivity contribution in [1.82, 2.24) is 25.1 Å². The molecule has 3 aromatic rings. The number of hydrogen-bond donors (Lipinski definition) is 1. The monoisotopic (exact) mass is 381 g/mol. The highest BCUT2D eigenvalue weighted by molar-refractivity contribution is 6.31. The second-order valence-electron chi connectivity index (χ2n) is 6.76. The van der Waals surface area contributed by atoms with Crippen LogP contribution in [0, 0.1) is 6.92 Å². The summed E-state index contributed by atoms with van der Waals surface area (Å²) < 4.78 is 1.99. The van der Waals surface area contributed by atoms with Crippen molar-refractivity contribution in [2.75, 3.05) is 0 Å². The van der Waals surface area contributed by atoms with E-state index in [1.54, 1.807) is 6.20 Å². The number of aromatic nitrogens is 4. The summed E-state index contributed by atoms with van der Waals surface area (Å²) in [5, 5.41) is 8.37. The number of aryl methyl sites for hydroxylation is 1. The van der Waals surface area contributed by atoms with Gasteiger partial charge in [0, 0.05) is 22.5 Å². The van der Waals surface area contributed by atoms with Gasteiger partial charge in [0.15, 0.2) is 0 Å². The Morgan fingerprint density at radius 1 is 1.26 bits per heavy atom. The van der Waals surface area contributed by atoms with Gasteiger partial charge in [0.2, 0.25) is 0 Å². The molecule has 0 aliphatic heterocycles.